The molecule has 2 rings (SSSR count). The van der Waals surface area contributed by atoms with E-state index >= 15 is 0 Å². The molecule has 0 atom stereocenters. The van der Waals surface area contributed by atoms with Crippen molar-refractivity contribution in [3.63, 3.8) is 0 Å². The zero-order chi connectivity index (χ0) is 11.4. The van der Waals surface area contributed by atoms with E-state index in [-0.39, 0.29) is 0 Å². The lowest BCUT2D eigenvalue weighted by atomic mass is 10.1. The number of oxime groups is 1. The van der Waals surface area contributed by atoms with Gasteiger partial charge in [0, 0.05) is 18.0 Å². The van der Waals surface area contributed by atoms with Crippen molar-refractivity contribution >= 4 is 5.71 Å². The van der Waals surface area contributed by atoms with Crippen LogP contribution in [-0.4, -0.2) is 20.9 Å². The maximum absolute atomic E-state index is 8.64. The number of rotatable bonds is 2. The van der Waals surface area contributed by atoms with Gasteiger partial charge in [0.25, 0.3) is 0 Å². The van der Waals surface area contributed by atoms with E-state index in [1.165, 1.54) is 6.33 Å². The molecule has 4 heteroatoms. The fraction of sp³-hybridized carbons (Fsp3) is 0.0833. The van der Waals surface area contributed by atoms with Crippen molar-refractivity contribution in [1.82, 2.24) is 9.97 Å². The van der Waals surface area contributed by atoms with Crippen molar-refractivity contribution < 1.29 is 5.21 Å². The van der Waals surface area contributed by atoms with Crippen molar-refractivity contribution in [2.24, 2.45) is 5.16 Å². The molecule has 0 aliphatic carbocycles. The van der Waals surface area contributed by atoms with Crippen LogP contribution in [0.2, 0.25) is 0 Å². The average Bonchev–Trinajstić information content (AvgIpc) is 2.39. The van der Waals surface area contributed by atoms with Gasteiger partial charge in [-0.1, -0.05) is 29.4 Å². The smallest absolute Gasteiger partial charge is 0.115 e. The predicted octanol–water partition coefficient (Wildman–Crippen LogP) is 2.34. The fourth-order valence-corrected chi connectivity index (χ4v) is 1.41. The van der Waals surface area contributed by atoms with Gasteiger partial charge in [-0.25, -0.2) is 9.97 Å². The first kappa shape index (κ1) is 10.3. The molecule has 0 aliphatic heterocycles. The van der Waals surface area contributed by atoms with Crippen LogP contribution in [0.3, 0.4) is 0 Å². The lowest BCUT2D eigenvalue weighted by Gasteiger charge is -2.02. The molecule has 0 spiro atoms. The van der Waals surface area contributed by atoms with Gasteiger partial charge < -0.3 is 5.21 Å². The van der Waals surface area contributed by atoms with Gasteiger partial charge >= 0.3 is 0 Å². The molecule has 0 radical (unpaired) electrons. The highest BCUT2D eigenvalue weighted by Crippen LogP contribution is 2.17. The summed E-state index contributed by atoms with van der Waals surface area (Å²) in [5.41, 5.74) is 3.49. The van der Waals surface area contributed by atoms with E-state index in [1.807, 2.05) is 24.3 Å². The first-order valence-corrected chi connectivity index (χ1v) is 4.86. The van der Waals surface area contributed by atoms with Gasteiger partial charge in [-0.2, -0.15) is 0 Å². The lowest BCUT2D eigenvalue weighted by Crippen LogP contribution is -1.93. The molecule has 0 amide bonds. The second kappa shape index (κ2) is 4.53. The van der Waals surface area contributed by atoms with Gasteiger partial charge in [-0.15, -0.1) is 0 Å². The van der Waals surface area contributed by atoms with Crippen LogP contribution in [0.15, 0.2) is 48.1 Å². The van der Waals surface area contributed by atoms with E-state index in [9.17, 15) is 0 Å². The summed E-state index contributed by atoms with van der Waals surface area (Å²) in [6, 6.07) is 7.69. The van der Waals surface area contributed by atoms with Crippen LogP contribution >= 0.6 is 0 Å². The third kappa shape index (κ3) is 2.06. The molecule has 0 bridgehead atoms. The highest BCUT2D eigenvalue weighted by Gasteiger charge is 2.00. The standard InChI is InChI=1S/C12H11N3O/c1-9(15-16)10-2-4-11(5-3-10)12-6-13-8-14-7-12/h2-8,16H,1H3/b15-9+. The van der Waals surface area contributed by atoms with Crippen LogP contribution < -0.4 is 0 Å². The monoisotopic (exact) mass is 213 g/mol. The van der Waals surface area contributed by atoms with Gasteiger partial charge in [0.15, 0.2) is 0 Å². The Balaban J connectivity index is 2.34. The molecular formula is C12H11N3O. The second-order valence-electron chi connectivity index (χ2n) is 3.39. The van der Waals surface area contributed by atoms with Crippen molar-refractivity contribution in [3.8, 4) is 11.1 Å². The van der Waals surface area contributed by atoms with Crippen LogP contribution in [0, 0.1) is 0 Å². The van der Waals surface area contributed by atoms with E-state index in [2.05, 4.69) is 15.1 Å². The molecule has 1 N–H and O–H groups in total. The molecule has 1 aromatic carbocycles. The third-order valence-corrected chi connectivity index (χ3v) is 2.35. The summed E-state index contributed by atoms with van der Waals surface area (Å²) in [4.78, 5) is 7.92. The summed E-state index contributed by atoms with van der Waals surface area (Å²) in [6.45, 7) is 1.75. The largest absolute Gasteiger partial charge is 0.411 e. The van der Waals surface area contributed by atoms with Crippen LogP contribution in [0.25, 0.3) is 11.1 Å². The van der Waals surface area contributed by atoms with E-state index < -0.39 is 0 Å². The van der Waals surface area contributed by atoms with E-state index in [0.717, 1.165) is 16.7 Å². The molecule has 0 unspecified atom stereocenters. The van der Waals surface area contributed by atoms with Crippen molar-refractivity contribution in [1.29, 1.82) is 0 Å². The molecule has 80 valence electrons. The van der Waals surface area contributed by atoms with Gasteiger partial charge in [0.05, 0.1) is 5.71 Å². The summed E-state index contributed by atoms with van der Waals surface area (Å²) in [5, 5.41) is 11.8. The SMILES string of the molecule is C/C(=N\O)c1ccc(-c2cncnc2)cc1. The normalized spacial score (nSPS) is 11.4. The maximum Gasteiger partial charge on any atom is 0.115 e. The first-order chi connectivity index (χ1) is 7.81. The van der Waals surface area contributed by atoms with Crippen molar-refractivity contribution in [2.45, 2.75) is 6.92 Å². The number of nitrogens with zero attached hydrogens (tertiary/aromatic N) is 3. The minimum Gasteiger partial charge on any atom is -0.411 e. The Kier molecular flexibility index (Phi) is 2.91. The molecule has 0 saturated carbocycles. The zero-order valence-corrected chi connectivity index (χ0v) is 8.83. The topological polar surface area (TPSA) is 58.4 Å². The molecule has 0 aliphatic rings. The van der Waals surface area contributed by atoms with E-state index in [4.69, 9.17) is 5.21 Å². The Labute approximate surface area is 93.3 Å². The van der Waals surface area contributed by atoms with E-state index in [1.54, 1.807) is 19.3 Å². The van der Waals surface area contributed by atoms with E-state index in [0.29, 0.717) is 5.71 Å². The van der Waals surface area contributed by atoms with Crippen molar-refractivity contribution in [3.05, 3.63) is 48.5 Å². The molecule has 1 heterocycles. The number of hydrogen-bond acceptors (Lipinski definition) is 4. The van der Waals surface area contributed by atoms with Crippen molar-refractivity contribution in [2.75, 3.05) is 0 Å². The second-order valence-corrected chi connectivity index (χ2v) is 3.39. The Hall–Kier alpha value is -2.23. The molecular weight excluding hydrogens is 202 g/mol. The zero-order valence-electron chi connectivity index (χ0n) is 8.83. The van der Waals surface area contributed by atoms with Crippen LogP contribution in [0.1, 0.15) is 12.5 Å². The van der Waals surface area contributed by atoms with Gasteiger partial charge in [0.2, 0.25) is 0 Å². The Morgan fingerprint density at radius 2 is 1.69 bits per heavy atom. The van der Waals surface area contributed by atoms with Gasteiger partial charge in [0.1, 0.15) is 6.33 Å². The Morgan fingerprint density at radius 1 is 1.06 bits per heavy atom. The third-order valence-electron chi connectivity index (χ3n) is 2.35. The van der Waals surface area contributed by atoms with Crippen LogP contribution in [0.4, 0.5) is 0 Å². The molecule has 1 aromatic heterocycles. The summed E-state index contributed by atoms with van der Waals surface area (Å²) in [7, 11) is 0. The minimum absolute atomic E-state index is 0.593. The fourth-order valence-electron chi connectivity index (χ4n) is 1.41. The summed E-state index contributed by atoms with van der Waals surface area (Å²) < 4.78 is 0. The van der Waals surface area contributed by atoms with Crippen LogP contribution in [-0.2, 0) is 0 Å². The average molecular weight is 213 g/mol. The summed E-state index contributed by atoms with van der Waals surface area (Å²) >= 11 is 0. The number of benzene rings is 1. The number of hydrogen-bond donors (Lipinski definition) is 1. The molecule has 0 fully saturated rings. The van der Waals surface area contributed by atoms with Gasteiger partial charge in [-0.05, 0) is 18.1 Å². The number of aromatic nitrogens is 2. The summed E-state index contributed by atoms with van der Waals surface area (Å²) in [6.07, 6.45) is 5.02. The van der Waals surface area contributed by atoms with Gasteiger partial charge in [-0.3, -0.25) is 0 Å². The predicted molar refractivity (Wildman–Crippen MR) is 61.5 cm³/mol. The molecule has 4 nitrogen and oxygen atoms in total. The highest BCUT2D eigenvalue weighted by molar-refractivity contribution is 5.98. The minimum atomic E-state index is 0.593. The lowest BCUT2D eigenvalue weighted by molar-refractivity contribution is 0.319. The molecule has 0 saturated heterocycles. The molecule has 2 aromatic rings. The maximum atomic E-state index is 8.64. The molecule has 16 heavy (non-hydrogen) atoms. The van der Waals surface area contributed by atoms with Crippen LogP contribution in [0.5, 0.6) is 0 Å². The summed E-state index contributed by atoms with van der Waals surface area (Å²) in [5.74, 6) is 0. The highest BCUT2D eigenvalue weighted by atomic mass is 16.4. The quantitative estimate of drug-likeness (QED) is 0.473. The Bertz CT molecular complexity index is 491. The first-order valence-electron chi connectivity index (χ1n) is 4.86. The Morgan fingerprint density at radius 3 is 2.25 bits per heavy atom.